The number of rotatable bonds is 8. The molecule has 0 heterocycles. The van der Waals surface area contributed by atoms with Gasteiger partial charge in [0.25, 0.3) is 0 Å². The highest BCUT2D eigenvalue weighted by molar-refractivity contribution is 5.35. The van der Waals surface area contributed by atoms with Crippen molar-refractivity contribution >= 4 is 0 Å². The van der Waals surface area contributed by atoms with Crippen LogP contribution in [0, 0.1) is 0 Å². The Morgan fingerprint density at radius 2 is 2.00 bits per heavy atom. The maximum Gasteiger partial charge on any atom is 0.124 e. The zero-order valence-corrected chi connectivity index (χ0v) is 10.6. The summed E-state index contributed by atoms with van der Waals surface area (Å²) in [5.74, 6) is 0.894. The van der Waals surface area contributed by atoms with Gasteiger partial charge in [0, 0.05) is 18.2 Å². The number of benzene rings is 1. The number of aliphatic hydroxyl groups is 1. The van der Waals surface area contributed by atoms with Crippen LogP contribution < -0.4 is 10.5 Å². The molecule has 0 unspecified atom stereocenters. The Kier molecular flexibility index (Phi) is 6.67. The lowest BCUT2D eigenvalue weighted by Gasteiger charge is -2.15. The van der Waals surface area contributed by atoms with E-state index in [-0.39, 0.29) is 12.6 Å². The summed E-state index contributed by atoms with van der Waals surface area (Å²) in [7, 11) is 0. The van der Waals surface area contributed by atoms with Crippen LogP contribution in [0.15, 0.2) is 24.3 Å². The van der Waals surface area contributed by atoms with Gasteiger partial charge in [-0.15, -0.1) is 0 Å². The molecule has 3 heteroatoms. The highest BCUT2D eigenvalue weighted by Crippen LogP contribution is 2.25. The quantitative estimate of drug-likeness (QED) is 0.683. The topological polar surface area (TPSA) is 55.5 Å². The fourth-order valence-electron chi connectivity index (χ4n) is 1.71. The SMILES string of the molecule is CC[C@@H](N)c1ccccc1OCCCCCO. The Labute approximate surface area is 104 Å². The third-order valence-corrected chi connectivity index (χ3v) is 2.82. The van der Waals surface area contributed by atoms with Gasteiger partial charge in [0.05, 0.1) is 6.61 Å². The monoisotopic (exact) mass is 237 g/mol. The second-order valence-electron chi connectivity index (χ2n) is 4.19. The zero-order chi connectivity index (χ0) is 12.5. The number of para-hydroxylation sites is 1. The van der Waals surface area contributed by atoms with Gasteiger partial charge >= 0.3 is 0 Å². The minimum absolute atomic E-state index is 0.0450. The van der Waals surface area contributed by atoms with Crippen molar-refractivity contribution in [1.29, 1.82) is 0 Å². The van der Waals surface area contributed by atoms with Crippen molar-refractivity contribution in [2.75, 3.05) is 13.2 Å². The van der Waals surface area contributed by atoms with Crippen LogP contribution in [0.25, 0.3) is 0 Å². The minimum Gasteiger partial charge on any atom is -0.493 e. The highest BCUT2D eigenvalue weighted by atomic mass is 16.5. The van der Waals surface area contributed by atoms with Crippen molar-refractivity contribution in [3.8, 4) is 5.75 Å². The van der Waals surface area contributed by atoms with Crippen LogP contribution in [-0.2, 0) is 0 Å². The maximum atomic E-state index is 8.67. The van der Waals surface area contributed by atoms with Crippen molar-refractivity contribution in [3.05, 3.63) is 29.8 Å². The summed E-state index contributed by atoms with van der Waals surface area (Å²) in [4.78, 5) is 0. The molecule has 0 aliphatic rings. The van der Waals surface area contributed by atoms with E-state index in [0.717, 1.165) is 37.0 Å². The summed E-state index contributed by atoms with van der Waals surface area (Å²) in [5, 5.41) is 8.67. The van der Waals surface area contributed by atoms with Gasteiger partial charge in [-0.3, -0.25) is 0 Å². The van der Waals surface area contributed by atoms with Crippen LogP contribution in [-0.4, -0.2) is 18.3 Å². The van der Waals surface area contributed by atoms with E-state index in [1.807, 2.05) is 24.3 Å². The molecular formula is C14H23NO2. The Balaban J connectivity index is 2.46. The summed E-state index contributed by atoms with van der Waals surface area (Å²) in [6.07, 6.45) is 3.72. The average molecular weight is 237 g/mol. The summed E-state index contributed by atoms with van der Waals surface area (Å²) >= 11 is 0. The molecule has 0 bridgehead atoms. The Bertz CT molecular complexity index is 315. The molecule has 0 fully saturated rings. The molecule has 1 rings (SSSR count). The van der Waals surface area contributed by atoms with E-state index in [9.17, 15) is 0 Å². The first-order valence-electron chi connectivity index (χ1n) is 6.37. The minimum atomic E-state index is 0.0450. The van der Waals surface area contributed by atoms with Crippen LogP contribution in [0.4, 0.5) is 0 Å². The molecule has 0 saturated carbocycles. The molecule has 1 atom stereocenters. The van der Waals surface area contributed by atoms with E-state index in [1.54, 1.807) is 0 Å². The van der Waals surface area contributed by atoms with Crippen LogP contribution in [0.1, 0.15) is 44.2 Å². The van der Waals surface area contributed by atoms with E-state index in [4.69, 9.17) is 15.6 Å². The Morgan fingerprint density at radius 3 is 2.71 bits per heavy atom. The first-order valence-corrected chi connectivity index (χ1v) is 6.37. The fraction of sp³-hybridized carbons (Fsp3) is 0.571. The smallest absolute Gasteiger partial charge is 0.124 e. The molecule has 0 radical (unpaired) electrons. The van der Waals surface area contributed by atoms with Gasteiger partial charge in [0.1, 0.15) is 5.75 Å². The molecule has 0 aliphatic carbocycles. The highest BCUT2D eigenvalue weighted by Gasteiger charge is 2.09. The summed E-state index contributed by atoms with van der Waals surface area (Å²) in [6, 6.07) is 8.00. The van der Waals surface area contributed by atoms with Crippen LogP contribution >= 0.6 is 0 Å². The van der Waals surface area contributed by atoms with Crippen molar-refractivity contribution < 1.29 is 9.84 Å². The molecule has 1 aromatic rings. The van der Waals surface area contributed by atoms with Gasteiger partial charge in [-0.2, -0.15) is 0 Å². The van der Waals surface area contributed by atoms with Crippen molar-refractivity contribution in [2.24, 2.45) is 5.73 Å². The lowest BCUT2D eigenvalue weighted by atomic mass is 10.0. The Hall–Kier alpha value is -1.06. The third kappa shape index (κ3) is 4.75. The van der Waals surface area contributed by atoms with E-state index >= 15 is 0 Å². The molecule has 0 aromatic heterocycles. The normalized spacial score (nSPS) is 12.4. The number of aliphatic hydroxyl groups excluding tert-OH is 1. The molecule has 3 N–H and O–H groups in total. The molecule has 0 saturated heterocycles. The van der Waals surface area contributed by atoms with Crippen molar-refractivity contribution in [3.63, 3.8) is 0 Å². The van der Waals surface area contributed by atoms with Gasteiger partial charge in [-0.25, -0.2) is 0 Å². The predicted molar refractivity (Wildman–Crippen MR) is 70.1 cm³/mol. The zero-order valence-electron chi connectivity index (χ0n) is 10.6. The van der Waals surface area contributed by atoms with Crippen molar-refractivity contribution in [2.45, 2.75) is 38.6 Å². The predicted octanol–water partition coefficient (Wildman–Crippen LogP) is 2.64. The average Bonchev–Trinajstić information content (AvgIpc) is 2.38. The number of ether oxygens (including phenoxy) is 1. The standard InChI is InChI=1S/C14H23NO2/c1-2-13(15)12-8-4-5-9-14(12)17-11-7-3-6-10-16/h4-5,8-9,13,16H,2-3,6-7,10-11,15H2,1H3/t13-/m1/s1. The molecule has 0 spiro atoms. The fourth-order valence-corrected chi connectivity index (χ4v) is 1.71. The second-order valence-corrected chi connectivity index (χ2v) is 4.19. The lowest BCUT2D eigenvalue weighted by molar-refractivity contribution is 0.265. The first kappa shape index (κ1) is 14.0. The number of hydrogen-bond acceptors (Lipinski definition) is 3. The van der Waals surface area contributed by atoms with E-state index in [1.165, 1.54) is 0 Å². The number of nitrogens with two attached hydrogens (primary N) is 1. The maximum absolute atomic E-state index is 8.67. The van der Waals surface area contributed by atoms with Crippen LogP contribution in [0.2, 0.25) is 0 Å². The molecule has 96 valence electrons. The molecule has 1 aromatic carbocycles. The lowest BCUT2D eigenvalue weighted by Crippen LogP contribution is -2.11. The van der Waals surface area contributed by atoms with Crippen LogP contribution in [0.3, 0.4) is 0 Å². The van der Waals surface area contributed by atoms with Crippen molar-refractivity contribution in [1.82, 2.24) is 0 Å². The first-order chi connectivity index (χ1) is 8.29. The molecular weight excluding hydrogens is 214 g/mol. The van der Waals surface area contributed by atoms with E-state index in [0.29, 0.717) is 6.61 Å². The van der Waals surface area contributed by atoms with E-state index in [2.05, 4.69) is 6.92 Å². The molecule has 0 amide bonds. The number of hydrogen-bond donors (Lipinski definition) is 2. The van der Waals surface area contributed by atoms with E-state index < -0.39 is 0 Å². The Morgan fingerprint density at radius 1 is 1.24 bits per heavy atom. The second kappa shape index (κ2) is 8.09. The molecule has 3 nitrogen and oxygen atoms in total. The van der Waals surface area contributed by atoms with Crippen LogP contribution in [0.5, 0.6) is 5.75 Å². The summed E-state index contributed by atoms with van der Waals surface area (Å²) in [5.41, 5.74) is 7.11. The van der Waals surface area contributed by atoms with Gasteiger partial charge < -0.3 is 15.6 Å². The summed E-state index contributed by atoms with van der Waals surface area (Å²) in [6.45, 7) is 3.02. The molecule has 0 aliphatic heterocycles. The van der Waals surface area contributed by atoms with Gasteiger partial charge in [0.15, 0.2) is 0 Å². The largest absolute Gasteiger partial charge is 0.493 e. The van der Waals surface area contributed by atoms with Gasteiger partial charge in [-0.1, -0.05) is 25.1 Å². The third-order valence-electron chi connectivity index (χ3n) is 2.82. The van der Waals surface area contributed by atoms with Gasteiger partial charge in [0.2, 0.25) is 0 Å². The molecule has 17 heavy (non-hydrogen) atoms. The van der Waals surface area contributed by atoms with Gasteiger partial charge in [-0.05, 0) is 31.7 Å². The number of unbranched alkanes of at least 4 members (excludes halogenated alkanes) is 2. The summed E-state index contributed by atoms with van der Waals surface area (Å²) < 4.78 is 5.75.